The Morgan fingerprint density at radius 3 is 2.42 bits per heavy atom. The highest BCUT2D eigenvalue weighted by molar-refractivity contribution is 6.08. The first-order chi connectivity index (χ1) is 16.0. The standard InChI is InChI=1S/C30H34N2O/c1-4-24-9-7-11-27(19-24)30(20-26-18-22(2)12-13-28(26)29(30)33)32-16-14-31(15-17-32)21-25-10-6-5-8-23(25)3/h5-13,18-19H,4,14-17,20-21H2,1-3H3. The molecule has 3 heteroatoms. The van der Waals surface area contributed by atoms with Gasteiger partial charge in [0.05, 0.1) is 0 Å². The van der Waals surface area contributed by atoms with Gasteiger partial charge in [0.25, 0.3) is 0 Å². The van der Waals surface area contributed by atoms with Crippen LogP contribution in [0.4, 0.5) is 0 Å². The van der Waals surface area contributed by atoms with Crippen molar-refractivity contribution in [3.63, 3.8) is 0 Å². The van der Waals surface area contributed by atoms with Gasteiger partial charge in [-0.05, 0) is 48.1 Å². The number of nitrogens with zero attached hydrogens (tertiary/aromatic N) is 2. The van der Waals surface area contributed by atoms with Crippen LogP contribution in [0.5, 0.6) is 0 Å². The Hall–Kier alpha value is -2.75. The van der Waals surface area contributed by atoms with Crippen LogP contribution in [0.3, 0.4) is 0 Å². The molecule has 0 aromatic heterocycles. The fourth-order valence-corrected chi connectivity index (χ4v) is 5.70. The number of hydrogen-bond donors (Lipinski definition) is 0. The van der Waals surface area contributed by atoms with Crippen molar-refractivity contribution in [3.8, 4) is 0 Å². The minimum atomic E-state index is -0.587. The molecule has 1 fully saturated rings. The Morgan fingerprint density at radius 1 is 0.879 bits per heavy atom. The van der Waals surface area contributed by atoms with E-state index in [9.17, 15) is 4.79 Å². The summed E-state index contributed by atoms with van der Waals surface area (Å²) in [6, 6.07) is 23.8. The predicted octanol–water partition coefficient (Wildman–Crippen LogP) is 5.32. The molecule has 0 saturated carbocycles. The number of piperazine rings is 1. The molecule has 1 aliphatic heterocycles. The molecule has 0 spiro atoms. The average molecular weight is 439 g/mol. The fraction of sp³-hybridized carbons (Fsp3) is 0.367. The predicted molar refractivity (Wildman–Crippen MR) is 135 cm³/mol. The highest BCUT2D eigenvalue weighted by Gasteiger charge is 2.51. The van der Waals surface area contributed by atoms with Gasteiger partial charge in [-0.15, -0.1) is 0 Å². The van der Waals surface area contributed by atoms with Gasteiger partial charge in [-0.1, -0.05) is 79.2 Å². The first-order valence-corrected chi connectivity index (χ1v) is 12.3. The topological polar surface area (TPSA) is 23.6 Å². The second-order valence-electron chi connectivity index (χ2n) is 9.77. The van der Waals surface area contributed by atoms with Crippen molar-refractivity contribution in [3.05, 3.63) is 106 Å². The zero-order chi connectivity index (χ0) is 23.0. The number of carbonyl (C=O) groups is 1. The maximum Gasteiger partial charge on any atom is 0.188 e. The average Bonchev–Trinajstić information content (AvgIpc) is 3.13. The van der Waals surface area contributed by atoms with Crippen molar-refractivity contribution in [2.75, 3.05) is 26.2 Å². The Bertz CT molecular complexity index is 1180. The van der Waals surface area contributed by atoms with E-state index in [4.69, 9.17) is 0 Å². The lowest BCUT2D eigenvalue weighted by molar-refractivity contribution is 0.0287. The Morgan fingerprint density at radius 2 is 1.67 bits per heavy atom. The van der Waals surface area contributed by atoms with E-state index >= 15 is 0 Å². The first kappa shape index (κ1) is 22.1. The zero-order valence-corrected chi connectivity index (χ0v) is 20.1. The summed E-state index contributed by atoms with van der Waals surface area (Å²) >= 11 is 0. The molecule has 0 bridgehead atoms. The third-order valence-corrected chi connectivity index (χ3v) is 7.71. The summed E-state index contributed by atoms with van der Waals surface area (Å²) < 4.78 is 0. The molecule has 0 amide bonds. The van der Waals surface area contributed by atoms with Crippen molar-refractivity contribution >= 4 is 5.78 Å². The largest absolute Gasteiger partial charge is 0.297 e. The van der Waals surface area contributed by atoms with Gasteiger partial charge in [0.15, 0.2) is 5.78 Å². The molecule has 3 aromatic carbocycles. The molecule has 1 unspecified atom stereocenters. The van der Waals surface area contributed by atoms with Crippen LogP contribution in [0, 0.1) is 13.8 Å². The van der Waals surface area contributed by atoms with Gasteiger partial charge in [0.2, 0.25) is 0 Å². The van der Waals surface area contributed by atoms with Crippen LogP contribution in [0.1, 0.15) is 50.7 Å². The van der Waals surface area contributed by atoms with Gasteiger partial charge >= 0.3 is 0 Å². The van der Waals surface area contributed by atoms with Crippen LogP contribution in [0.15, 0.2) is 66.7 Å². The summed E-state index contributed by atoms with van der Waals surface area (Å²) in [7, 11) is 0. The van der Waals surface area contributed by atoms with Crippen molar-refractivity contribution in [2.45, 2.75) is 45.7 Å². The van der Waals surface area contributed by atoms with E-state index < -0.39 is 5.54 Å². The third-order valence-electron chi connectivity index (χ3n) is 7.71. The summed E-state index contributed by atoms with van der Waals surface area (Å²) in [6.07, 6.45) is 1.75. The molecular formula is C30H34N2O. The van der Waals surface area contributed by atoms with Crippen LogP contribution in [-0.2, 0) is 24.9 Å². The lowest BCUT2D eigenvalue weighted by Crippen LogP contribution is -2.58. The Labute approximate surface area is 198 Å². The fourth-order valence-electron chi connectivity index (χ4n) is 5.70. The molecule has 1 aliphatic carbocycles. The number of Topliss-reactive ketones (excluding diaryl/α,β-unsaturated/α-hetero) is 1. The van der Waals surface area contributed by atoms with Crippen LogP contribution in [0.2, 0.25) is 0 Å². The van der Waals surface area contributed by atoms with Gasteiger partial charge in [0.1, 0.15) is 5.54 Å². The Kier molecular flexibility index (Phi) is 5.94. The lowest BCUT2D eigenvalue weighted by atomic mass is 9.82. The molecule has 1 saturated heterocycles. The van der Waals surface area contributed by atoms with Crippen molar-refractivity contribution in [1.82, 2.24) is 9.80 Å². The van der Waals surface area contributed by atoms with Crippen LogP contribution in [0.25, 0.3) is 0 Å². The number of fused-ring (bicyclic) bond motifs is 1. The summed E-state index contributed by atoms with van der Waals surface area (Å²) in [5, 5.41) is 0. The highest BCUT2D eigenvalue weighted by Crippen LogP contribution is 2.43. The van der Waals surface area contributed by atoms with Gasteiger partial charge in [-0.25, -0.2) is 0 Å². The van der Waals surface area contributed by atoms with Crippen LogP contribution in [-0.4, -0.2) is 41.8 Å². The van der Waals surface area contributed by atoms with Gasteiger partial charge in [-0.3, -0.25) is 14.6 Å². The highest BCUT2D eigenvalue weighted by atomic mass is 16.1. The number of ketones is 1. The summed E-state index contributed by atoms with van der Waals surface area (Å²) in [6.45, 7) is 11.2. The van der Waals surface area contributed by atoms with E-state index in [-0.39, 0.29) is 5.78 Å². The number of hydrogen-bond acceptors (Lipinski definition) is 3. The molecule has 3 nitrogen and oxygen atoms in total. The van der Waals surface area contributed by atoms with E-state index in [2.05, 4.69) is 91.2 Å². The molecule has 3 aromatic rings. The summed E-state index contributed by atoms with van der Waals surface area (Å²) in [5.41, 5.74) is 7.95. The monoisotopic (exact) mass is 438 g/mol. The van der Waals surface area contributed by atoms with Gasteiger partial charge in [-0.2, -0.15) is 0 Å². The molecule has 1 atom stereocenters. The lowest BCUT2D eigenvalue weighted by Gasteiger charge is -2.45. The maximum atomic E-state index is 14.1. The number of aryl methyl sites for hydroxylation is 3. The molecule has 33 heavy (non-hydrogen) atoms. The molecule has 0 N–H and O–H groups in total. The normalized spacial score (nSPS) is 21.4. The van der Waals surface area contributed by atoms with Crippen molar-refractivity contribution in [1.29, 1.82) is 0 Å². The minimum Gasteiger partial charge on any atom is -0.297 e. The summed E-state index contributed by atoms with van der Waals surface area (Å²) in [5.74, 6) is 0.276. The number of carbonyl (C=O) groups excluding carboxylic acids is 1. The van der Waals surface area contributed by atoms with E-state index in [1.165, 1.54) is 27.8 Å². The van der Waals surface area contributed by atoms with E-state index in [1.807, 2.05) is 6.07 Å². The minimum absolute atomic E-state index is 0.276. The van der Waals surface area contributed by atoms with Gasteiger partial charge in [0, 0.05) is 44.7 Å². The molecule has 170 valence electrons. The maximum absolute atomic E-state index is 14.1. The Balaban J connectivity index is 1.45. The SMILES string of the molecule is CCc1cccc(C2(N3CCN(Cc4ccccc4C)CC3)Cc3cc(C)ccc3C2=O)c1. The zero-order valence-electron chi connectivity index (χ0n) is 20.1. The second-order valence-corrected chi connectivity index (χ2v) is 9.77. The summed E-state index contributed by atoms with van der Waals surface area (Å²) in [4.78, 5) is 19.1. The number of rotatable bonds is 5. The van der Waals surface area contributed by atoms with E-state index in [1.54, 1.807) is 0 Å². The van der Waals surface area contributed by atoms with E-state index in [0.29, 0.717) is 0 Å². The van der Waals surface area contributed by atoms with Crippen molar-refractivity contribution in [2.24, 2.45) is 0 Å². The smallest absolute Gasteiger partial charge is 0.188 e. The van der Waals surface area contributed by atoms with Crippen LogP contribution < -0.4 is 0 Å². The third kappa shape index (κ3) is 3.94. The first-order valence-electron chi connectivity index (χ1n) is 12.3. The molecule has 0 radical (unpaired) electrons. The van der Waals surface area contributed by atoms with Gasteiger partial charge < -0.3 is 0 Å². The van der Waals surface area contributed by atoms with Crippen LogP contribution >= 0.6 is 0 Å². The second kappa shape index (κ2) is 8.89. The number of benzene rings is 3. The van der Waals surface area contributed by atoms with E-state index in [0.717, 1.165) is 56.7 Å². The molecule has 1 heterocycles. The molecule has 2 aliphatic rings. The molecule has 5 rings (SSSR count). The van der Waals surface area contributed by atoms with Crippen molar-refractivity contribution < 1.29 is 4.79 Å². The quantitative estimate of drug-likeness (QED) is 0.539. The molecular weight excluding hydrogens is 404 g/mol.